The third kappa shape index (κ3) is 2.29. The third-order valence-corrected chi connectivity index (χ3v) is 5.75. The first-order valence-electron chi connectivity index (χ1n) is 7.68. The Balaban J connectivity index is 1.47. The van der Waals surface area contributed by atoms with Gasteiger partial charge in [0.15, 0.2) is 0 Å². The lowest BCUT2D eigenvalue weighted by molar-refractivity contribution is 0.449. The minimum absolute atomic E-state index is 0.442. The maximum absolute atomic E-state index is 4.60. The highest BCUT2D eigenvalue weighted by Gasteiger charge is 2.21. The number of nitrogens with one attached hydrogen (secondary N) is 1. The number of fused-ring (bicyclic) bond motifs is 2. The Labute approximate surface area is 124 Å². The smallest absolute Gasteiger partial charge is 0.0605 e. The molecular formula is C17H20N2S. The minimum atomic E-state index is 0.442. The molecular weight excluding hydrogens is 264 g/mol. The molecule has 1 N–H and O–H groups in total. The zero-order chi connectivity index (χ0) is 13.4. The van der Waals surface area contributed by atoms with Gasteiger partial charge in [0.05, 0.1) is 11.7 Å². The molecule has 0 bridgehead atoms. The summed E-state index contributed by atoms with van der Waals surface area (Å²) in [5.41, 5.74) is 4.32. The molecule has 0 amide bonds. The van der Waals surface area contributed by atoms with Crippen molar-refractivity contribution >= 4 is 11.3 Å². The van der Waals surface area contributed by atoms with Crippen LogP contribution in [0.3, 0.4) is 0 Å². The molecule has 0 fully saturated rings. The topological polar surface area (TPSA) is 24.9 Å². The van der Waals surface area contributed by atoms with Crippen molar-refractivity contribution in [2.45, 2.75) is 51.1 Å². The predicted molar refractivity (Wildman–Crippen MR) is 83.1 cm³/mol. The molecule has 4 rings (SSSR count). The second-order valence-corrected chi connectivity index (χ2v) is 7.11. The summed E-state index contributed by atoms with van der Waals surface area (Å²) < 4.78 is 0. The van der Waals surface area contributed by atoms with E-state index in [4.69, 9.17) is 0 Å². The van der Waals surface area contributed by atoms with Crippen molar-refractivity contribution in [3.05, 3.63) is 51.0 Å². The maximum atomic E-state index is 4.60. The molecule has 2 aromatic rings. The largest absolute Gasteiger partial charge is 0.304 e. The van der Waals surface area contributed by atoms with E-state index in [0.29, 0.717) is 6.04 Å². The fourth-order valence-corrected chi connectivity index (χ4v) is 4.72. The van der Waals surface area contributed by atoms with Crippen molar-refractivity contribution in [3.8, 4) is 0 Å². The highest BCUT2D eigenvalue weighted by atomic mass is 32.1. The summed E-state index contributed by atoms with van der Waals surface area (Å²) in [6, 6.07) is 7.15. The summed E-state index contributed by atoms with van der Waals surface area (Å²) in [5, 5.41) is 3.73. The number of aromatic nitrogens is 1. The van der Waals surface area contributed by atoms with Gasteiger partial charge in [0.25, 0.3) is 0 Å². The van der Waals surface area contributed by atoms with Crippen molar-refractivity contribution in [3.63, 3.8) is 0 Å². The molecule has 2 aromatic heterocycles. The number of pyridine rings is 1. The van der Waals surface area contributed by atoms with Gasteiger partial charge in [0.2, 0.25) is 0 Å². The summed E-state index contributed by atoms with van der Waals surface area (Å²) in [6.45, 7) is 0.998. The second-order valence-electron chi connectivity index (χ2n) is 5.89. The Kier molecular flexibility index (Phi) is 3.32. The van der Waals surface area contributed by atoms with Gasteiger partial charge in [-0.1, -0.05) is 6.07 Å². The molecule has 2 aliphatic rings. The van der Waals surface area contributed by atoms with Gasteiger partial charge in [0.1, 0.15) is 0 Å². The van der Waals surface area contributed by atoms with E-state index in [0.717, 1.165) is 6.54 Å². The van der Waals surface area contributed by atoms with Crippen LogP contribution < -0.4 is 5.32 Å². The molecule has 1 unspecified atom stereocenters. The molecule has 3 heteroatoms. The molecule has 2 aliphatic carbocycles. The van der Waals surface area contributed by atoms with Gasteiger partial charge in [-0.25, -0.2) is 0 Å². The molecule has 1 atom stereocenters. The lowest BCUT2D eigenvalue weighted by atomic mass is 9.92. The molecule has 2 nitrogen and oxygen atoms in total. The number of aryl methyl sites for hydroxylation is 3. The average Bonchev–Trinajstić information content (AvgIpc) is 3.06. The maximum Gasteiger partial charge on any atom is 0.0605 e. The first-order chi connectivity index (χ1) is 9.90. The molecule has 0 aliphatic heterocycles. The third-order valence-electron chi connectivity index (χ3n) is 4.52. The summed E-state index contributed by atoms with van der Waals surface area (Å²) >= 11 is 2.01. The zero-order valence-electron chi connectivity index (χ0n) is 11.7. The summed E-state index contributed by atoms with van der Waals surface area (Å²) in [4.78, 5) is 7.73. The van der Waals surface area contributed by atoms with E-state index in [9.17, 15) is 0 Å². The van der Waals surface area contributed by atoms with Crippen LogP contribution in [0, 0.1) is 0 Å². The van der Waals surface area contributed by atoms with E-state index in [1.54, 1.807) is 10.4 Å². The van der Waals surface area contributed by atoms with Gasteiger partial charge >= 0.3 is 0 Å². The number of hydrogen-bond acceptors (Lipinski definition) is 3. The van der Waals surface area contributed by atoms with Gasteiger partial charge in [-0.15, -0.1) is 11.3 Å². The van der Waals surface area contributed by atoms with Crippen LogP contribution >= 0.6 is 11.3 Å². The van der Waals surface area contributed by atoms with Crippen LogP contribution in [0.4, 0.5) is 0 Å². The lowest BCUT2D eigenvalue weighted by Gasteiger charge is -2.25. The van der Waals surface area contributed by atoms with E-state index in [1.807, 2.05) is 17.5 Å². The standard InChI is InChI=1S/C17H20N2S/c1-4-12-6-3-9-18-17(12)15(7-1)19-11-14-10-13-5-2-8-16(13)20-14/h3,6,9-10,15,19H,1-2,4-5,7-8,11H2. The van der Waals surface area contributed by atoms with Crippen molar-refractivity contribution in [1.82, 2.24) is 10.3 Å². The van der Waals surface area contributed by atoms with E-state index in [1.165, 1.54) is 54.7 Å². The molecule has 0 aromatic carbocycles. The SMILES string of the molecule is c1cnc2c(c1)CCCC2NCc1cc2c(s1)CCC2. The van der Waals surface area contributed by atoms with Crippen LogP contribution in [0.5, 0.6) is 0 Å². The second kappa shape index (κ2) is 5.30. The fraction of sp³-hybridized carbons (Fsp3) is 0.471. The first-order valence-corrected chi connectivity index (χ1v) is 8.49. The molecule has 0 radical (unpaired) electrons. The zero-order valence-corrected chi connectivity index (χ0v) is 12.5. The van der Waals surface area contributed by atoms with E-state index >= 15 is 0 Å². The van der Waals surface area contributed by atoms with Crippen LogP contribution in [0.1, 0.15) is 51.9 Å². The van der Waals surface area contributed by atoms with Crippen molar-refractivity contribution in [1.29, 1.82) is 0 Å². The van der Waals surface area contributed by atoms with Crippen LogP contribution in [0.15, 0.2) is 24.4 Å². The molecule has 0 saturated heterocycles. The van der Waals surface area contributed by atoms with E-state index in [-0.39, 0.29) is 0 Å². The van der Waals surface area contributed by atoms with Gasteiger partial charge in [-0.05, 0) is 61.8 Å². The first kappa shape index (κ1) is 12.5. The van der Waals surface area contributed by atoms with Gasteiger partial charge in [-0.2, -0.15) is 0 Å². The Morgan fingerprint density at radius 3 is 3.10 bits per heavy atom. The number of rotatable bonds is 3. The van der Waals surface area contributed by atoms with Crippen LogP contribution in [0.25, 0.3) is 0 Å². The monoisotopic (exact) mass is 284 g/mol. The van der Waals surface area contributed by atoms with Gasteiger partial charge in [-0.3, -0.25) is 4.98 Å². The highest BCUT2D eigenvalue weighted by Crippen LogP contribution is 2.32. The summed E-state index contributed by atoms with van der Waals surface area (Å²) in [6.07, 6.45) is 9.56. The van der Waals surface area contributed by atoms with Gasteiger partial charge in [0, 0.05) is 22.5 Å². The van der Waals surface area contributed by atoms with Crippen molar-refractivity contribution in [2.24, 2.45) is 0 Å². The Morgan fingerprint density at radius 1 is 1.20 bits per heavy atom. The van der Waals surface area contributed by atoms with E-state index < -0.39 is 0 Å². The summed E-state index contributed by atoms with van der Waals surface area (Å²) in [5.74, 6) is 0. The fourth-order valence-electron chi connectivity index (χ4n) is 3.51. The summed E-state index contributed by atoms with van der Waals surface area (Å²) in [7, 11) is 0. The molecule has 104 valence electrons. The Bertz CT molecular complexity index is 596. The quantitative estimate of drug-likeness (QED) is 0.927. The minimum Gasteiger partial charge on any atom is -0.304 e. The molecule has 0 spiro atoms. The normalized spacial score (nSPS) is 20.7. The molecule has 20 heavy (non-hydrogen) atoms. The number of thiophene rings is 1. The van der Waals surface area contributed by atoms with Crippen LogP contribution in [0.2, 0.25) is 0 Å². The molecule has 0 saturated carbocycles. The predicted octanol–water partition coefficient (Wildman–Crippen LogP) is 3.80. The van der Waals surface area contributed by atoms with E-state index in [2.05, 4.69) is 28.5 Å². The average molecular weight is 284 g/mol. The Hall–Kier alpha value is -1.19. The van der Waals surface area contributed by atoms with Crippen LogP contribution in [-0.4, -0.2) is 4.98 Å². The highest BCUT2D eigenvalue weighted by molar-refractivity contribution is 7.12. The van der Waals surface area contributed by atoms with Crippen molar-refractivity contribution in [2.75, 3.05) is 0 Å². The number of nitrogens with zero attached hydrogens (tertiary/aromatic N) is 1. The lowest BCUT2D eigenvalue weighted by Crippen LogP contribution is -2.25. The van der Waals surface area contributed by atoms with Crippen molar-refractivity contribution < 1.29 is 0 Å². The Morgan fingerprint density at radius 2 is 2.15 bits per heavy atom. The van der Waals surface area contributed by atoms with Gasteiger partial charge < -0.3 is 5.32 Å². The number of hydrogen-bond donors (Lipinski definition) is 1. The van der Waals surface area contributed by atoms with Crippen LogP contribution in [-0.2, 0) is 25.8 Å². The molecule has 2 heterocycles.